The number of likely N-dealkylation sites (tertiary alicyclic amines) is 1. The number of H-pyrrole nitrogens is 1. The number of hydrogen-bond donors (Lipinski definition) is 1. The number of aromatic nitrogens is 3. The Morgan fingerprint density at radius 1 is 1.16 bits per heavy atom. The zero-order valence-corrected chi connectivity index (χ0v) is 17.9. The number of nitrogens with one attached hydrogen (secondary N) is 1. The van der Waals surface area contributed by atoms with Crippen LogP contribution >= 0.6 is 11.3 Å². The highest BCUT2D eigenvalue weighted by atomic mass is 32.1. The molecular weight excluding hydrogens is 422 g/mol. The van der Waals surface area contributed by atoms with Gasteiger partial charge in [-0.05, 0) is 25.0 Å². The molecule has 0 unspecified atom stereocenters. The lowest BCUT2D eigenvalue weighted by Gasteiger charge is -2.38. The number of aromatic amines is 1. The number of alkyl halides is 2. The lowest BCUT2D eigenvalue weighted by molar-refractivity contribution is -0.112. The molecule has 1 N–H and O–H groups in total. The van der Waals surface area contributed by atoms with Crippen molar-refractivity contribution in [2.24, 2.45) is 5.41 Å². The fourth-order valence-electron chi connectivity index (χ4n) is 4.47. The summed E-state index contributed by atoms with van der Waals surface area (Å²) >= 11 is 1.19. The molecule has 5 rings (SSSR count). The molecule has 31 heavy (non-hydrogen) atoms. The molecule has 1 amide bonds. The number of nitrogens with zero attached hydrogens (tertiary/aromatic N) is 3. The van der Waals surface area contributed by atoms with Crippen molar-refractivity contribution in [3.8, 4) is 10.6 Å². The molecule has 0 spiro atoms. The van der Waals surface area contributed by atoms with Crippen LogP contribution in [0.1, 0.15) is 59.1 Å². The van der Waals surface area contributed by atoms with E-state index in [-0.39, 0.29) is 11.2 Å². The molecule has 2 aliphatic rings. The zero-order valence-electron chi connectivity index (χ0n) is 17.1. The minimum absolute atomic E-state index is 0.0886. The molecule has 0 aromatic carbocycles. The molecular formula is C22H22F2N4O2S. The van der Waals surface area contributed by atoms with Crippen molar-refractivity contribution in [2.75, 3.05) is 13.1 Å². The first kappa shape index (κ1) is 20.2. The van der Waals surface area contributed by atoms with E-state index in [0.29, 0.717) is 32.2 Å². The second-order valence-electron chi connectivity index (χ2n) is 8.79. The molecule has 162 valence electrons. The quantitative estimate of drug-likeness (QED) is 0.579. The SMILES string of the molecule is CC1(C(=O)c2c[nH]c3ncc(-c4ccc(C(=O)N5CC(F)(F)C5)s4)nc23)CCCCC1. The molecule has 0 atom stereocenters. The van der Waals surface area contributed by atoms with E-state index in [0.717, 1.165) is 37.0 Å². The summed E-state index contributed by atoms with van der Waals surface area (Å²) in [6.07, 6.45) is 8.29. The highest BCUT2D eigenvalue weighted by molar-refractivity contribution is 7.17. The normalized spacial score (nSPS) is 19.9. The minimum Gasteiger partial charge on any atom is -0.344 e. The minimum atomic E-state index is -2.79. The van der Waals surface area contributed by atoms with Crippen LogP contribution in [0.4, 0.5) is 8.78 Å². The Hall–Kier alpha value is -2.68. The Morgan fingerprint density at radius 3 is 2.61 bits per heavy atom. The van der Waals surface area contributed by atoms with Crippen LogP contribution in [0, 0.1) is 5.41 Å². The van der Waals surface area contributed by atoms with Gasteiger partial charge in [0.25, 0.3) is 11.8 Å². The maximum atomic E-state index is 13.3. The fourth-order valence-corrected chi connectivity index (χ4v) is 5.40. The van der Waals surface area contributed by atoms with Gasteiger partial charge in [0.1, 0.15) is 5.52 Å². The lowest BCUT2D eigenvalue weighted by Crippen LogP contribution is -2.58. The van der Waals surface area contributed by atoms with E-state index >= 15 is 0 Å². The van der Waals surface area contributed by atoms with Gasteiger partial charge in [-0.3, -0.25) is 9.59 Å². The van der Waals surface area contributed by atoms with Crippen LogP contribution in [0.15, 0.2) is 24.5 Å². The van der Waals surface area contributed by atoms with Crippen molar-refractivity contribution in [3.63, 3.8) is 0 Å². The van der Waals surface area contributed by atoms with Gasteiger partial charge in [0.05, 0.1) is 40.3 Å². The predicted octanol–water partition coefficient (Wildman–Crippen LogP) is 4.93. The first-order valence-corrected chi connectivity index (χ1v) is 11.2. The summed E-state index contributed by atoms with van der Waals surface area (Å²) < 4.78 is 26.2. The van der Waals surface area contributed by atoms with Crippen LogP contribution < -0.4 is 0 Å². The van der Waals surface area contributed by atoms with Crippen LogP contribution in [0.25, 0.3) is 21.7 Å². The number of halogens is 2. The number of fused-ring (bicyclic) bond motifs is 1. The maximum Gasteiger partial charge on any atom is 0.282 e. The van der Waals surface area contributed by atoms with Crippen molar-refractivity contribution >= 4 is 34.2 Å². The maximum absolute atomic E-state index is 13.3. The van der Waals surface area contributed by atoms with Crippen molar-refractivity contribution < 1.29 is 18.4 Å². The third-order valence-electron chi connectivity index (χ3n) is 6.33. The second-order valence-corrected chi connectivity index (χ2v) is 9.87. The van der Waals surface area contributed by atoms with Gasteiger partial charge in [0.2, 0.25) is 0 Å². The van der Waals surface area contributed by atoms with Gasteiger partial charge in [-0.2, -0.15) is 0 Å². The molecule has 4 heterocycles. The number of thiophene rings is 1. The number of carbonyl (C=O) groups excluding carboxylic acids is 2. The Labute approximate surface area is 181 Å². The number of amides is 1. The average Bonchev–Trinajstić information content (AvgIpc) is 3.38. The molecule has 1 aliphatic carbocycles. The zero-order chi connectivity index (χ0) is 21.8. The number of ketones is 1. The van der Waals surface area contributed by atoms with Crippen molar-refractivity contribution in [2.45, 2.75) is 45.0 Å². The van der Waals surface area contributed by atoms with Gasteiger partial charge >= 0.3 is 0 Å². The van der Waals surface area contributed by atoms with E-state index in [4.69, 9.17) is 0 Å². The van der Waals surface area contributed by atoms with Crippen LogP contribution in [-0.4, -0.2) is 50.6 Å². The Morgan fingerprint density at radius 2 is 1.90 bits per heavy atom. The van der Waals surface area contributed by atoms with E-state index in [9.17, 15) is 18.4 Å². The van der Waals surface area contributed by atoms with Gasteiger partial charge in [-0.1, -0.05) is 26.2 Å². The van der Waals surface area contributed by atoms with Crippen LogP contribution in [0.2, 0.25) is 0 Å². The molecule has 3 aromatic heterocycles. The number of hydrogen-bond acceptors (Lipinski definition) is 5. The third kappa shape index (κ3) is 3.54. The Bertz CT molecular complexity index is 1170. The van der Waals surface area contributed by atoms with Crippen LogP contribution in [0.3, 0.4) is 0 Å². The number of Topliss-reactive ketones (excluding diaryl/α,β-unsaturated/α-hetero) is 1. The highest BCUT2D eigenvalue weighted by Crippen LogP contribution is 2.40. The topological polar surface area (TPSA) is 79.0 Å². The monoisotopic (exact) mass is 444 g/mol. The smallest absolute Gasteiger partial charge is 0.282 e. The molecule has 1 aliphatic heterocycles. The van der Waals surface area contributed by atoms with Gasteiger partial charge in [-0.25, -0.2) is 18.7 Å². The van der Waals surface area contributed by atoms with Crippen LogP contribution in [-0.2, 0) is 0 Å². The van der Waals surface area contributed by atoms with E-state index < -0.39 is 24.9 Å². The number of carbonyl (C=O) groups is 2. The molecule has 0 radical (unpaired) electrons. The van der Waals surface area contributed by atoms with E-state index in [1.807, 2.05) is 6.92 Å². The molecule has 1 saturated heterocycles. The first-order valence-electron chi connectivity index (χ1n) is 10.4. The summed E-state index contributed by atoms with van der Waals surface area (Å²) in [6, 6.07) is 3.36. The first-order chi connectivity index (χ1) is 14.8. The van der Waals surface area contributed by atoms with Crippen molar-refractivity contribution in [1.82, 2.24) is 19.9 Å². The summed E-state index contributed by atoms with van der Waals surface area (Å²) in [7, 11) is 0. The molecule has 1 saturated carbocycles. The summed E-state index contributed by atoms with van der Waals surface area (Å²) in [6.45, 7) is 0.942. The molecule has 3 aromatic rings. The summed E-state index contributed by atoms with van der Waals surface area (Å²) in [5.74, 6) is -3.11. The largest absolute Gasteiger partial charge is 0.344 e. The van der Waals surface area contributed by atoms with Gasteiger partial charge in [0.15, 0.2) is 11.4 Å². The standard InChI is InChI=1S/C22H22F2N4O2S/c1-21(7-3-2-4-8-21)18(29)13-9-25-19-17(13)27-14(10-26-19)15-5-6-16(31-15)20(30)28-11-22(23,24)12-28/h5-6,9-10H,2-4,7-8,11-12H2,1H3,(H,25,26). The van der Waals surface area contributed by atoms with E-state index in [1.165, 1.54) is 11.3 Å². The highest BCUT2D eigenvalue weighted by Gasteiger charge is 2.46. The van der Waals surface area contributed by atoms with Crippen LogP contribution in [0.5, 0.6) is 0 Å². The lowest BCUT2D eigenvalue weighted by atomic mass is 9.71. The third-order valence-corrected chi connectivity index (χ3v) is 7.43. The van der Waals surface area contributed by atoms with Gasteiger partial charge < -0.3 is 9.88 Å². The predicted molar refractivity (Wildman–Crippen MR) is 114 cm³/mol. The Kier molecular flexibility index (Phi) is 4.69. The fraction of sp³-hybridized carbons (Fsp3) is 0.455. The molecule has 2 fully saturated rings. The Balaban J connectivity index is 1.43. The average molecular weight is 445 g/mol. The van der Waals surface area contributed by atoms with Gasteiger partial charge in [0, 0.05) is 11.6 Å². The van der Waals surface area contributed by atoms with Crippen molar-refractivity contribution in [1.29, 1.82) is 0 Å². The van der Waals surface area contributed by atoms with E-state index in [2.05, 4.69) is 15.0 Å². The number of rotatable bonds is 4. The molecule has 0 bridgehead atoms. The molecule has 6 nitrogen and oxygen atoms in total. The van der Waals surface area contributed by atoms with Crippen molar-refractivity contribution in [3.05, 3.63) is 35.0 Å². The molecule has 9 heteroatoms. The van der Waals surface area contributed by atoms with Gasteiger partial charge in [-0.15, -0.1) is 11.3 Å². The summed E-state index contributed by atoms with van der Waals surface area (Å²) in [5.41, 5.74) is 1.78. The second kappa shape index (κ2) is 7.19. The summed E-state index contributed by atoms with van der Waals surface area (Å²) in [4.78, 5) is 40.1. The van der Waals surface area contributed by atoms with E-state index in [1.54, 1.807) is 24.5 Å². The summed E-state index contributed by atoms with van der Waals surface area (Å²) in [5, 5.41) is 0.